The average molecular weight is 146 g/mol. The van der Waals surface area contributed by atoms with Crippen LogP contribution in [0.4, 0.5) is 11.4 Å². The van der Waals surface area contributed by atoms with Crippen LogP contribution in [-0.2, 0) is 0 Å². The van der Waals surface area contributed by atoms with Crippen LogP contribution >= 0.6 is 0 Å². The Morgan fingerprint density at radius 2 is 1.91 bits per heavy atom. The van der Waals surface area contributed by atoms with E-state index in [1.54, 1.807) is 6.07 Å². The molecule has 4 N–H and O–H groups in total. The monoisotopic (exact) mass is 146 g/mol. The molecular formula is C9H10N2. The summed E-state index contributed by atoms with van der Waals surface area (Å²) >= 11 is 0. The first-order valence-electron chi connectivity index (χ1n) is 3.28. The summed E-state index contributed by atoms with van der Waals surface area (Å²) in [6.45, 7) is 1.89. The summed E-state index contributed by atoms with van der Waals surface area (Å²) in [6, 6.07) is 3.65. The van der Waals surface area contributed by atoms with Gasteiger partial charge in [-0.25, -0.2) is 0 Å². The molecule has 0 aliphatic heterocycles. The Morgan fingerprint density at radius 1 is 1.27 bits per heavy atom. The molecule has 0 radical (unpaired) electrons. The first-order valence-corrected chi connectivity index (χ1v) is 3.28. The van der Waals surface area contributed by atoms with Gasteiger partial charge < -0.3 is 11.5 Å². The summed E-state index contributed by atoms with van der Waals surface area (Å²) in [6.07, 6.45) is 5.18. The first kappa shape index (κ1) is 7.49. The van der Waals surface area contributed by atoms with Gasteiger partial charge in [0.05, 0.1) is 11.4 Å². The van der Waals surface area contributed by atoms with E-state index >= 15 is 0 Å². The van der Waals surface area contributed by atoms with Gasteiger partial charge in [0.25, 0.3) is 0 Å². The van der Waals surface area contributed by atoms with E-state index < -0.39 is 0 Å². The normalized spacial score (nSPS) is 9.09. The number of terminal acetylenes is 1. The lowest BCUT2D eigenvalue weighted by Crippen LogP contribution is -1.99. The summed E-state index contributed by atoms with van der Waals surface area (Å²) in [5.41, 5.74) is 14.0. The highest BCUT2D eigenvalue weighted by atomic mass is 14.7. The molecule has 0 unspecified atom stereocenters. The van der Waals surface area contributed by atoms with Gasteiger partial charge in [0, 0.05) is 5.56 Å². The Kier molecular flexibility index (Phi) is 1.74. The van der Waals surface area contributed by atoms with Crippen molar-refractivity contribution >= 4 is 11.4 Å². The van der Waals surface area contributed by atoms with Gasteiger partial charge in [0.15, 0.2) is 0 Å². The number of nitrogens with two attached hydrogens (primary N) is 2. The summed E-state index contributed by atoms with van der Waals surface area (Å²) < 4.78 is 0. The maximum Gasteiger partial charge on any atom is 0.0709 e. The highest BCUT2D eigenvalue weighted by Gasteiger charge is 2.01. The van der Waals surface area contributed by atoms with E-state index in [1.165, 1.54) is 0 Å². The van der Waals surface area contributed by atoms with Crippen molar-refractivity contribution in [3.63, 3.8) is 0 Å². The molecule has 0 aliphatic carbocycles. The fourth-order valence-electron chi connectivity index (χ4n) is 0.871. The number of hydrogen-bond donors (Lipinski definition) is 2. The van der Waals surface area contributed by atoms with Gasteiger partial charge in [-0.1, -0.05) is 12.0 Å². The number of nitrogen functional groups attached to an aromatic ring is 2. The molecule has 0 bridgehead atoms. The highest BCUT2D eigenvalue weighted by molar-refractivity contribution is 5.74. The van der Waals surface area contributed by atoms with Gasteiger partial charge in [-0.15, -0.1) is 6.42 Å². The molecule has 0 aromatic heterocycles. The van der Waals surface area contributed by atoms with Crippen molar-refractivity contribution < 1.29 is 0 Å². The fourth-order valence-corrected chi connectivity index (χ4v) is 0.871. The van der Waals surface area contributed by atoms with Crippen molar-refractivity contribution in [2.24, 2.45) is 0 Å². The lowest BCUT2D eigenvalue weighted by Gasteiger charge is -2.05. The van der Waals surface area contributed by atoms with Gasteiger partial charge >= 0.3 is 0 Å². The van der Waals surface area contributed by atoms with Crippen LogP contribution in [0.15, 0.2) is 12.1 Å². The van der Waals surface area contributed by atoms with E-state index in [0.717, 1.165) is 5.56 Å². The number of hydrogen-bond acceptors (Lipinski definition) is 2. The van der Waals surface area contributed by atoms with E-state index in [2.05, 4.69) is 5.92 Å². The maximum absolute atomic E-state index is 5.64. The molecule has 0 aliphatic rings. The molecule has 2 heteroatoms. The molecule has 0 amide bonds. The Labute approximate surface area is 66.2 Å². The third-order valence-electron chi connectivity index (χ3n) is 1.66. The van der Waals surface area contributed by atoms with Gasteiger partial charge in [-0.2, -0.15) is 0 Å². The molecule has 1 aromatic carbocycles. The molecule has 1 rings (SSSR count). The predicted molar refractivity (Wildman–Crippen MR) is 47.9 cm³/mol. The van der Waals surface area contributed by atoms with E-state index in [4.69, 9.17) is 17.9 Å². The Bertz CT molecular complexity index is 321. The second-order valence-electron chi connectivity index (χ2n) is 2.40. The van der Waals surface area contributed by atoms with Crippen molar-refractivity contribution in [2.45, 2.75) is 6.92 Å². The third-order valence-corrected chi connectivity index (χ3v) is 1.66. The van der Waals surface area contributed by atoms with E-state index in [9.17, 15) is 0 Å². The maximum atomic E-state index is 5.64. The largest absolute Gasteiger partial charge is 0.397 e. The molecule has 1 aromatic rings. The van der Waals surface area contributed by atoms with Crippen LogP contribution in [0.2, 0.25) is 0 Å². The van der Waals surface area contributed by atoms with Crippen molar-refractivity contribution in [3.8, 4) is 12.3 Å². The standard InChI is InChI=1S/C9H10N2/c1-3-7-5-4-6(2)8(10)9(7)11/h1,4-5H,10-11H2,2H3. The zero-order valence-corrected chi connectivity index (χ0v) is 6.39. The minimum Gasteiger partial charge on any atom is -0.397 e. The predicted octanol–water partition coefficient (Wildman–Crippen LogP) is 1.14. The van der Waals surface area contributed by atoms with Crippen molar-refractivity contribution in [1.82, 2.24) is 0 Å². The minimum absolute atomic E-state index is 0.507. The number of aryl methyl sites for hydroxylation is 1. The Hall–Kier alpha value is -1.62. The van der Waals surface area contributed by atoms with Gasteiger partial charge in [0.1, 0.15) is 0 Å². The van der Waals surface area contributed by atoms with Crippen molar-refractivity contribution in [2.75, 3.05) is 11.5 Å². The molecule has 2 nitrogen and oxygen atoms in total. The van der Waals surface area contributed by atoms with Crippen LogP contribution in [0.3, 0.4) is 0 Å². The fraction of sp³-hybridized carbons (Fsp3) is 0.111. The zero-order chi connectivity index (χ0) is 8.43. The quantitative estimate of drug-likeness (QED) is 0.426. The molecule has 0 saturated heterocycles. The highest BCUT2D eigenvalue weighted by Crippen LogP contribution is 2.22. The van der Waals surface area contributed by atoms with Crippen LogP contribution in [0, 0.1) is 19.3 Å². The topological polar surface area (TPSA) is 52.0 Å². The minimum atomic E-state index is 0.507. The van der Waals surface area contributed by atoms with Crippen molar-refractivity contribution in [3.05, 3.63) is 23.3 Å². The average Bonchev–Trinajstić information content (AvgIpc) is 2.01. The molecule has 11 heavy (non-hydrogen) atoms. The zero-order valence-electron chi connectivity index (χ0n) is 6.39. The Morgan fingerprint density at radius 3 is 2.45 bits per heavy atom. The lowest BCUT2D eigenvalue weighted by molar-refractivity contribution is 1.46. The van der Waals surface area contributed by atoms with E-state index in [0.29, 0.717) is 16.9 Å². The number of benzene rings is 1. The summed E-state index contributed by atoms with van der Waals surface area (Å²) in [7, 11) is 0. The van der Waals surface area contributed by atoms with Crippen LogP contribution in [-0.4, -0.2) is 0 Å². The molecule has 0 saturated carbocycles. The summed E-state index contributed by atoms with van der Waals surface area (Å²) in [4.78, 5) is 0. The second-order valence-corrected chi connectivity index (χ2v) is 2.40. The van der Waals surface area contributed by atoms with Gasteiger partial charge in [-0.05, 0) is 18.6 Å². The third kappa shape index (κ3) is 1.13. The SMILES string of the molecule is C#Cc1ccc(C)c(N)c1N. The van der Waals surface area contributed by atoms with Crippen LogP contribution in [0.1, 0.15) is 11.1 Å². The van der Waals surface area contributed by atoms with Gasteiger partial charge in [0.2, 0.25) is 0 Å². The summed E-state index contributed by atoms with van der Waals surface area (Å²) in [5.74, 6) is 2.46. The molecule has 0 atom stereocenters. The molecule has 0 fully saturated rings. The van der Waals surface area contributed by atoms with Crippen molar-refractivity contribution in [1.29, 1.82) is 0 Å². The molecular weight excluding hydrogens is 136 g/mol. The smallest absolute Gasteiger partial charge is 0.0709 e. The molecule has 0 heterocycles. The molecule has 0 spiro atoms. The summed E-state index contributed by atoms with van der Waals surface area (Å²) in [5, 5.41) is 0. The second kappa shape index (κ2) is 2.55. The Balaban J connectivity index is 3.40. The lowest BCUT2D eigenvalue weighted by atomic mass is 10.1. The van der Waals surface area contributed by atoms with Gasteiger partial charge in [-0.3, -0.25) is 0 Å². The number of anilines is 2. The molecule has 56 valence electrons. The van der Waals surface area contributed by atoms with Crippen LogP contribution in [0.5, 0.6) is 0 Å². The van der Waals surface area contributed by atoms with E-state index in [-0.39, 0.29) is 0 Å². The van der Waals surface area contributed by atoms with Crippen LogP contribution < -0.4 is 11.5 Å². The van der Waals surface area contributed by atoms with Crippen LogP contribution in [0.25, 0.3) is 0 Å². The first-order chi connectivity index (χ1) is 5.16. The van der Waals surface area contributed by atoms with E-state index in [1.807, 2.05) is 13.0 Å². The number of rotatable bonds is 0.